The quantitative estimate of drug-likeness (QED) is 0.403. The number of hydrogen-bond donors (Lipinski definition) is 0. The van der Waals surface area contributed by atoms with E-state index in [4.69, 9.17) is 40.5 Å². The van der Waals surface area contributed by atoms with Gasteiger partial charge in [-0.3, -0.25) is 14.4 Å². The Bertz CT molecular complexity index is 1270. The third-order valence-electron chi connectivity index (χ3n) is 6.18. The molecule has 0 unspecified atom stereocenters. The van der Waals surface area contributed by atoms with Crippen LogP contribution < -0.4 is 4.90 Å². The maximum absolute atomic E-state index is 13.5. The van der Waals surface area contributed by atoms with Crippen molar-refractivity contribution in [1.29, 1.82) is 0 Å². The minimum Gasteiger partial charge on any atom is -0.319 e. The lowest BCUT2D eigenvalue weighted by Crippen LogP contribution is -2.34. The van der Waals surface area contributed by atoms with Crippen molar-refractivity contribution in [1.82, 2.24) is 14.7 Å². The molecule has 2 atom stereocenters. The summed E-state index contributed by atoms with van der Waals surface area (Å²) in [7, 11) is 0. The van der Waals surface area contributed by atoms with Gasteiger partial charge < -0.3 is 4.90 Å². The Morgan fingerprint density at radius 3 is 2.55 bits per heavy atom. The Balaban J connectivity index is 1.47. The molecule has 5 nitrogen and oxygen atoms in total. The number of anilines is 1. The minimum atomic E-state index is -0.262. The molecule has 9 heteroatoms. The molecule has 0 N–H and O–H groups in total. The number of amides is 1. The lowest BCUT2D eigenvalue weighted by molar-refractivity contribution is -0.119. The first-order valence-corrected chi connectivity index (χ1v) is 12.8. The first kappa shape index (κ1) is 22.7. The van der Waals surface area contributed by atoms with E-state index >= 15 is 0 Å². The summed E-state index contributed by atoms with van der Waals surface area (Å²) in [5, 5.41) is 6.45. The van der Waals surface area contributed by atoms with Crippen LogP contribution in [-0.4, -0.2) is 37.5 Å². The van der Waals surface area contributed by atoms with Crippen molar-refractivity contribution in [3.05, 3.63) is 80.6 Å². The number of fused-ring (bicyclic) bond motifs is 1. The van der Waals surface area contributed by atoms with E-state index in [1.807, 2.05) is 30.7 Å². The number of aromatic nitrogens is 2. The molecule has 1 aromatic heterocycles. The molecule has 1 amide bonds. The Morgan fingerprint density at radius 2 is 1.85 bits per heavy atom. The second kappa shape index (κ2) is 8.62. The number of aryl methyl sites for hydroxylation is 2. The maximum Gasteiger partial charge on any atom is 0.257 e. The molecule has 33 heavy (non-hydrogen) atoms. The normalized spacial score (nSPS) is 20.2. The Hall–Kier alpha value is -2.06. The Labute approximate surface area is 212 Å². The van der Waals surface area contributed by atoms with E-state index in [0.29, 0.717) is 27.5 Å². The summed E-state index contributed by atoms with van der Waals surface area (Å²) in [6, 6.07) is 13.6. The summed E-state index contributed by atoms with van der Waals surface area (Å²) in [4.78, 5) is 17.3. The van der Waals surface area contributed by atoms with E-state index in [2.05, 4.69) is 36.1 Å². The lowest BCUT2D eigenvalue weighted by atomic mass is 10.1. The fraction of sp³-hybridized carbons (Fsp3) is 0.292. The lowest BCUT2D eigenvalue weighted by Gasteiger charge is -2.25. The Kier molecular flexibility index (Phi) is 5.93. The largest absolute Gasteiger partial charge is 0.319 e. The first-order valence-electron chi connectivity index (χ1n) is 10.6. The van der Waals surface area contributed by atoms with Gasteiger partial charge in [0.15, 0.2) is 5.11 Å². The SMILES string of the molecule is Cc1ccc([C@@H]2SC[C@@H]3C(=O)N(c4c(C)nn(Cc5ccc(Cl)cc5Cl)c4C)C(=S)N32)cc1. The van der Waals surface area contributed by atoms with E-state index in [1.165, 1.54) is 5.56 Å². The van der Waals surface area contributed by atoms with Crippen LogP contribution in [0, 0.1) is 20.8 Å². The molecule has 0 spiro atoms. The maximum atomic E-state index is 13.5. The summed E-state index contributed by atoms with van der Waals surface area (Å²) in [5.74, 6) is 0.720. The molecule has 2 aromatic carbocycles. The average molecular weight is 518 g/mol. The van der Waals surface area contributed by atoms with E-state index < -0.39 is 0 Å². The number of carbonyl (C=O) groups is 1. The second-order valence-electron chi connectivity index (χ2n) is 8.39. The van der Waals surface area contributed by atoms with Crippen LogP contribution in [0.15, 0.2) is 42.5 Å². The van der Waals surface area contributed by atoms with Crippen molar-refractivity contribution in [2.75, 3.05) is 10.7 Å². The van der Waals surface area contributed by atoms with E-state index in [0.717, 1.165) is 28.2 Å². The highest BCUT2D eigenvalue weighted by Crippen LogP contribution is 2.47. The molecule has 3 aromatic rings. The fourth-order valence-electron chi connectivity index (χ4n) is 4.46. The van der Waals surface area contributed by atoms with Gasteiger partial charge in [-0.15, -0.1) is 11.8 Å². The average Bonchev–Trinajstić information content (AvgIpc) is 3.39. The highest BCUT2D eigenvalue weighted by atomic mass is 35.5. The standard InChI is InChI=1S/C24H22Cl2N4OS2/c1-13-4-6-16(7-5-13)23-29-20(12-33-23)22(31)30(24(29)32)21-14(2)27-28(15(21)3)11-17-8-9-18(25)10-19(17)26/h4-10,20,23H,11-12H2,1-3H3/t20-,23+/m1/s1. The summed E-state index contributed by atoms with van der Waals surface area (Å²) >= 11 is 20.1. The van der Waals surface area contributed by atoms with Gasteiger partial charge in [0.1, 0.15) is 11.4 Å². The Morgan fingerprint density at radius 1 is 1.12 bits per heavy atom. The summed E-state index contributed by atoms with van der Waals surface area (Å²) in [6.07, 6.45) is 0. The van der Waals surface area contributed by atoms with Crippen LogP contribution in [0.25, 0.3) is 0 Å². The van der Waals surface area contributed by atoms with Gasteiger partial charge in [0.25, 0.3) is 5.91 Å². The predicted molar refractivity (Wildman–Crippen MR) is 139 cm³/mol. The smallest absolute Gasteiger partial charge is 0.257 e. The summed E-state index contributed by atoms with van der Waals surface area (Å²) in [6.45, 7) is 6.42. The third kappa shape index (κ3) is 3.85. The van der Waals surface area contributed by atoms with Crippen LogP contribution in [0.1, 0.15) is 33.5 Å². The van der Waals surface area contributed by atoms with Crippen LogP contribution in [0.3, 0.4) is 0 Å². The van der Waals surface area contributed by atoms with Crippen molar-refractivity contribution >= 4 is 63.9 Å². The molecule has 0 aliphatic carbocycles. The number of thiocarbonyl (C=S) groups is 1. The molecule has 170 valence electrons. The number of benzene rings is 2. The highest BCUT2D eigenvalue weighted by molar-refractivity contribution is 7.99. The van der Waals surface area contributed by atoms with E-state index in [1.54, 1.807) is 22.7 Å². The monoisotopic (exact) mass is 516 g/mol. The molecular weight excluding hydrogens is 495 g/mol. The van der Waals surface area contributed by atoms with Gasteiger partial charge in [-0.25, -0.2) is 0 Å². The molecule has 5 rings (SSSR count). The van der Waals surface area contributed by atoms with Crippen molar-refractivity contribution in [3.63, 3.8) is 0 Å². The van der Waals surface area contributed by atoms with E-state index in [-0.39, 0.29) is 17.3 Å². The number of halogens is 2. The second-order valence-corrected chi connectivity index (χ2v) is 10.7. The van der Waals surface area contributed by atoms with Gasteiger partial charge in [-0.05, 0) is 56.2 Å². The van der Waals surface area contributed by atoms with Crippen LogP contribution >= 0.6 is 47.2 Å². The van der Waals surface area contributed by atoms with Crippen molar-refractivity contribution in [2.24, 2.45) is 0 Å². The first-order chi connectivity index (χ1) is 15.8. The zero-order valence-electron chi connectivity index (χ0n) is 18.4. The van der Waals surface area contributed by atoms with Crippen molar-refractivity contribution in [2.45, 2.75) is 38.7 Å². The molecule has 2 aliphatic heterocycles. The van der Waals surface area contributed by atoms with Gasteiger partial charge in [0.05, 0.1) is 23.6 Å². The molecule has 2 fully saturated rings. The van der Waals surface area contributed by atoms with Crippen LogP contribution in [0.4, 0.5) is 5.69 Å². The number of nitrogens with zero attached hydrogens (tertiary/aromatic N) is 4. The highest BCUT2D eigenvalue weighted by Gasteiger charge is 2.51. The molecular formula is C24H22Cl2N4OS2. The van der Waals surface area contributed by atoms with Crippen molar-refractivity contribution in [3.8, 4) is 0 Å². The topological polar surface area (TPSA) is 41.4 Å². The molecule has 2 saturated heterocycles. The van der Waals surface area contributed by atoms with Gasteiger partial charge in [-0.1, -0.05) is 59.1 Å². The van der Waals surface area contributed by atoms with Gasteiger partial charge in [-0.2, -0.15) is 5.10 Å². The number of hydrogen-bond acceptors (Lipinski definition) is 4. The van der Waals surface area contributed by atoms with Crippen LogP contribution in [-0.2, 0) is 11.3 Å². The van der Waals surface area contributed by atoms with E-state index in [9.17, 15) is 4.79 Å². The number of carbonyl (C=O) groups excluding carboxylic acids is 1. The molecule has 0 radical (unpaired) electrons. The predicted octanol–water partition coefficient (Wildman–Crippen LogP) is 5.91. The molecule has 0 saturated carbocycles. The molecule has 0 bridgehead atoms. The van der Waals surface area contributed by atoms with Crippen LogP contribution in [0.5, 0.6) is 0 Å². The van der Waals surface area contributed by atoms with Gasteiger partial charge >= 0.3 is 0 Å². The molecule has 3 heterocycles. The molecule has 2 aliphatic rings. The third-order valence-corrected chi connectivity index (χ3v) is 8.49. The minimum absolute atomic E-state index is 0.0115. The summed E-state index contributed by atoms with van der Waals surface area (Å²) in [5.41, 5.74) is 5.66. The number of rotatable bonds is 4. The zero-order chi connectivity index (χ0) is 23.4. The van der Waals surface area contributed by atoms with Crippen molar-refractivity contribution < 1.29 is 4.79 Å². The zero-order valence-corrected chi connectivity index (χ0v) is 21.5. The summed E-state index contributed by atoms with van der Waals surface area (Å²) < 4.78 is 1.87. The van der Waals surface area contributed by atoms with Crippen LogP contribution in [0.2, 0.25) is 10.0 Å². The fourth-order valence-corrected chi connectivity index (χ4v) is 6.83. The van der Waals surface area contributed by atoms with Gasteiger partial charge in [0, 0.05) is 15.8 Å². The number of thioether (sulfide) groups is 1. The van der Waals surface area contributed by atoms with Gasteiger partial charge in [0.2, 0.25) is 0 Å².